The van der Waals surface area contributed by atoms with Crippen molar-refractivity contribution < 1.29 is 4.79 Å². The van der Waals surface area contributed by atoms with Gasteiger partial charge in [0, 0.05) is 30.4 Å². The quantitative estimate of drug-likeness (QED) is 0.864. The lowest BCUT2D eigenvalue weighted by atomic mass is 10.3. The van der Waals surface area contributed by atoms with Crippen LogP contribution < -0.4 is 11.1 Å². The Morgan fingerprint density at radius 3 is 2.85 bits per heavy atom. The van der Waals surface area contributed by atoms with Gasteiger partial charge in [0.25, 0.3) is 5.91 Å². The summed E-state index contributed by atoms with van der Waals surface area (Å²) in [7, 11) is 0. The number of nitrogens with zero attached hydrogens (tertiary/aromatic N) is 3. The molecule has 1 atom stereocenters. The summed E-state index contributed by atoms with van der Waals surface area (Å²) < 4.78 is 1.78. The van der Waals surface area contributed by atoms with Crippen molar-refractivity contribution in [3.63, 3.8) is 0 Å². The second-order valence-electron chi connectivity index (χ2n) is 3.93. The van der Waals surface area contributed by atoms with Crippen LogP contribution in [0.3, 0.4) is 0 Å². The fourth-order valence-electron chi connectivity index (χ4n) is 1.54. The molecule has 0 radical (unpaired) electrons. The fourth-order valence-corrected chi connectivity index (χ4v) is 2.20. The van der Waals surface area contributed by atoms with Gasteiger partial charge in [-0.05, 0) is 13.0 Å². The summed E-state index contributed by atoms with van der Waals surface area (Å²) in [6.07, 6.45) is 3.57. The summed E-state index contributed by atoms with van der Waals surface area (Å²) in [5.41, 5.74) is 5.88. The number of nitrogens with two attached hydrogens (primary N) is 1. The van der Waals surface area contributed by atoms with E-state index in [0.29, 0.717) is 18.8 Å². The molecule has 2 heterocycles. The molecule has 112 valence electrons. The van der Waals surface area contributed by atoms with Crippen LogP contribution in [0.1, 0.15) is 22.4 Å². The number of thiazole rings is 1. The van der Waals surface area contributed by atoms with Crippen molar-refractivity contribution in [3.05, 3.63) is 34.5 Å². The van der Waals surface area contributed by atoms with Crippen LogP contribution in [0, 0.1) is 0 Å². The topological polar surface area (TPSA) is 85.8 Å². The number of carbonyl (C=O) groups excluding carboxylic acids is 1. The molecule has 0 fully saturated rings. The van der Waals surface area contributed by atoms with Gasteiger partial charge in [0.15, 0.2) is 0 Å². The third-order valence-electron chi connectivity index (χ3n) is 2.36. The molecule has 0 aliphatic carbocycles. The summed E-state index contributed by atoms with van der Waals surface area (Å²) in [6.45, 7) is 2.92. The summed E-state index contributed by atoms with van der Waals surface area (Å²) >= 11 is 1.40. The monoisotopic (exact) mass is 337 g/mol. The number of halogens is 2. The van der Waals surface area contributed by atoms with E-state index in [1.165, 1.54) is 11.3 Å². The first-order valence-electron chi connectivity index (χ1n) is 5.62. The molecular formula is C11H17Cl2N5OS. The minimum Gasteiger partial charge on any atom is -0.346 e. The molecule has 20 heavy (non-hydrogen) atoms. The summed E-state index contributed by atoms with van der Waals surface area (Å²) in [5, 5.41) is 9.45. The lowest BCUT2D eigenvalue weighted by Crippen LogP contribution is -2.36. The maximum Gasteiger partial charge on any atom is 0.271 e. The van der Waals surface area contributed by atoms with Gasteiger partial charge in [-0.15, -0.1) is 36.2 Å². The summed E-state index contributed by atoms with van der Waals surface area (Å²) in [6, 6.07) is 1.84. The van der Waals surface area contributed by atoms with E-state index in [1.807, 2.05) is 19.2 Å². The number of hydrogen-bond acceptors (Lipinski definition) is 5. The largest absolute Gasteiger partial charge is 0.346 e. The minimum absolute atomic E-state index is 0. The number of hydrogen-bond donors (Lipinski definition) is 2. The number of nitrogens with one attached hydrogen (secondary N) is 1. The van der Waals surface area contributed by atoms with Crippen molar-refractivity contribution in [1.82, 2.24) is 20.1 Å². The number of carbonyl (C=O) groups is 1. The van der Waals surface area contributed by atoms with Gasteiger partial charge in [-0.3, -0.25) is 9.48 Å². The zero-order valence-electron chi connectivity index (χ0n) is 10.9. The molecule has 6 nitrogen and oxygen atoms in total. The minimum atomic E-state index is -0.175. The van der Waals surface area contributed by atoms with Gasteiger partial charge in [-0.2, -0.15) is 5.10 Å². The number of rotatable bonds is 5. The molecule has 1 unspecified atom stereocenters. The van der Waals surface area contributed by atoms with E-state index in [-0.39, 0.29) is 36.8 Å². The van der Waals surface area contributed by atoms with Crippen molar-refractivity contribution in [2.45, 2.75) is 26.1 Å². The van der Waals surface area contributed by atoms with Gasteiger partial charge in [0.05, 0.1) is 6.54 Å². The van der Waals surface area contributed by atoms with Crippen LogP contribution in [0.2, 0.25) is 0 Å². The highest BCUT2D eigenvalue weighted by Gasteiger charge is 2.13. The molecule has 0 spiro atoms. The first-order valence-corrected chi connectivity index (χ1v) is 6.49. The van der Waals surface area contributed by atoms with E-state index < -0.39 is 0 Å². The molecule has 0 aromatic carbocycles. The first-order chi connectivity index (χ1) is 8.69. The highest BCUT2D eigenvalue weighted by molar-refractivity contribution is 7.09. The Kier molecular flexibility index (Phi) is 8.40. The average Bonchev–Trinajstić information content (AvgIpc) is 2.98. The standard InChI is InChI=1S/C11H15N5OS.2ClH/c1-8(6-16-4-2-3-13-16)14-11(17)9-7-18-10(5-12)15-9;;/h2-4,7-8H,5-6,12H2,1H3,(H,14,17);2*1H. The second-order valence-corrected chi connectivity index (χ2v) is 4.88. The zero-order valence-corrected chi connectivity index (χ0v) is 13.3. The molecule has 1 amide bonds. The van der Waals surface area contributed by atoms with Crippen LogP contribution in [-0.4, -0.2) is 26.7 Å². The summed E-state index contributed by atoms with van der Waals surface area (Å²) in [4.78, 5) is 16.0. The van der Waals surface area contributed by atoms with E-state index in [1.54, 1.807) is 16.3 Å². The third kappa shape index (κ3) is 5.09. The van der Waals surface area contributed by atoms with Crippen LogP contribution in [0.4, 0.5) is 0 Å². The maximum atomic E-state index is 11.9. The van der Waals surface area contributed by atoms with E-state index in [9.17, 15) is 4.79 Å². The second kappa shape index (κ2) is 8.91. The third-order valence-corrected chi connectivity index (χ3v) is 3.23. The average molecular weight is 338 g/mol. The maximum absolute atomic E-state index is 11.9. The van der Waals surface area contributed by atoms with Crippen molar-refractivity contribution in [2.75, 3.05) is 0 Å². The molecule has 0 saturated heterocycles. The SMILES string of the molecule is CC(Cn1cccn1)NC(=O)c1csc(CN)n1.Cl.Cl. The van der Waals surface area contributed by atoms with E-state index in [2.05, 4.69) is 15.4 Å². The smallest absolute Gasteiger partial charge is 0.271 e. The Hall–Kier alpha value is -1.15. The Labute approximate surface area is 133 Å². The van der Waals surface area contributed by atoms with Gasteiger partial charge in [-0.1, -0.05) is 0 Å². The van der Waals surface area contributed by atoms with Crippen molar-refractivity contribution in [2.24, 2.45) is 5.73 Å². The van der Waals surface area contributed by atoms with E-state index >= 15 is 0 Å². The van der Waals surface area contributed by atoms with Crippen LogP contribution in [0.5, 0.6) is 0 Å². The molecule has 2 aromatic heterocycles. The van der Waals surface area contributed by atoms with Gasteiger partial charge in [-0.25, -0.2) is 4.98 Å². The molecule has 9 heteroatoms. The molecule has 2 rings (SSSR count). The Balaban J connectivity index is 0.00000180. The molecule has 3 N–H and O–H groups in total. The van der Waals surface area contributed by atoms with Crippen LogP contribution >= 0.6 is 36.2 Å². The Morgan fingerprint density at radius 1 is 1.55 bits per heavy atom. The van der Waals surface area contributed by atoms with Crippen molar-refractivity contribution in [3.8, 4) is 0 Å². The van der Waals surface area contributed by atoms with Crippen molar-refractivity contribution in [1.29, 1.82) is 0 Å². The fraction of sp³-hybridized carbons (Fsp3) is 0.364. The Morgan fingerprint density at radius 2 is 2.30 bits per heavy atom. The lowest BCUT2D eigenvalue weighted by Gasteiger charge is -2.12. The number of amides is 1. The zero-order chi connectivity index (χ0) is 13.0. The van der Waals surface area contributed by atoms with Crippen LogP contribution in [0.15, 0.2) is 23.8 Å². The molecular weight excluding hydrogens is 321 g/mol. The highest BCUT2D eigenvalue weighted by Crippen LogP contribution is 2.08. The predicted octanol–water partition coefficient (Wildman–Crippen LogP) is 1.46. The Bertz CT molecular complexity index is 517. The first kappa shape index (κ1) is 18.9. The molecule has 0 saturated carbocycles. The van der Waals surface area contributed by atoms with Gasteiger partial charge in [0.1, 0.15) is 10.7 Å². The van der Waals surface area contributed by atoms with Gasteiger partial charge < -0.3 is 11.1 Å². The molecule has 0 aliphatic rings. The highest BCUT2D eigenvalue weighted by atomic mass is 35.5. The van der Waals surface area contributed by atoms with Crippen LogP contribution in [-0.2, 0) is 13.1 Å². The molecule has 0 aliphatic heterocycles. The predicted molar refractivity (Wildman–Crippen MR) is 83.7 cm³/mol. The lowest BCUT2D eigenvalue weighted by molar-refractivity contribution is 0.0931. The van der Waals surface area contributed by atoms with E-state index in [0.717, 1.165) is 5.01 Å². The van der Waals surface area contributed by atoms with Crippen LogP contribution in [0.25, 0.3) is 0 Å². The van der Waals surface area contributed by atoms with Crippen molar-refractivity contribution >= 4 is 42.1 Å². The number of aromatic nitrogens is 3. The normalized spacial score (nSPS) is 11.1. The summed E-state index contributed by atoms with van der Waals surface area (Å²) in [5.74, 6) is -0.175. The molecule has 2 aromatic rings. The van der Waals surface area contributed by atoms with Gasteiger partial charge >= 0.3 is 0 Å². The van der Waals surface area contributed by atoms with Gasteiger partial charge in [0.2, 0.25) is 0 Å². The molecule has 0 bridgehead atoms. The van der Waals surface area contributed by atoms with E-state index in [4.69, 9.17) is 5.73 Å².